The summed E-state index contributed by atoms with van der Waals surface area (Å²) in [5.41, 5.74) is 1.16. The van der Waals surface area contributed by atoms with Crippen LogP contribution in [0.5, 0.6) is 17.2 Å². The van der Waals surface area contributed by atoms with Gasteiger partial charge in [0.15, 0.2) is 0 Å². The minimum Gasteiger partial charge on any atom is -0.386 e. The fourth-order valence-corrected chi connectivity index (χ4v) is 5.04. The monoisotopic (exact) mass is 468 g/mol. The molecular weight excluding hydrogens is 443 g/mol. The molecule has 0 amide bonds. The van der Waals surface area contributed by atoms with E-state index in [2.05, 4.69) is 13.8 Å². The van der Waals surface area contributed by atoms with E-state index in [1.807, 2.05) is 84.9 Å². The van der Waals surface area contributed by atoms with Crippen molar-refractivity contribution in [1.29, 1.82) is 0 Å². The van der Waals surface area contributed by atoms with Crippen LogP contribution in [0.15, 0.2) is 109 Å². The molecule has 0 aliphatic carbocycles. The molecule has 0 unspecified atom stereocenters. The summed E-state index contributed by atoms with van der Waals surface area (Å²) >= 11 is 0. The summed E-state index contributed by atoms with van der Waals surface area (Å²) in [6, 6.07) is 34.3. The average molecular weight is 468 g/mol. The molecule has 170 valence electrons. The Bertz CT molecular complexity index is 1410. The third-order valence-corrected chi connectivity index (χ3v) is 6.94. The topological polar surface area (TPSA) is 44.8 Å². The lowest BCUT2D eigenvalue weighted by Gasteiger charge is -2.20. The van der Waals surface area contributed by atoms with Gasteiger partial charge in [-0.3, -0.25) is 0 Å². The smallest absolute Gasteiger partial charge is 0.386 e. The Morgan fingerprint density at radius 1 is 0.529 bits per heavy atom. The molecule has 0 saturated heterocycles. The molecule has 5 rings (SSSR count). The van der Waals surface area contributed by atoms with E-state index in [4.69, 9.17) is 13.6 Å². The second-order valence-electron chi connectivity index (χ2n) is 8.46. The van der Waals surface area contributed by atoms with E-state index < -0.39 is 7.82 Å². The van der Waals surface area contributed by atoms with Crippen molar-refractivity contribution in [3.05, 3.63) is 115 Å². The molecule has 0 saturated carbocycles. The van der Waals surface area contributed by atoms with Gasteiger partial charge < -0.3 is 13.6 Å². The highest BCUT2D eigenvalue weighted by molar-refractivity contribution is 7.49. The summed E-state index contributed by atoms with van der Waals surface area (Å²) in [7, 11) is -4.08. The molecule has 0 fully saturated rings. The highest BCUT2D eigenvalue weighted by atomic mass is 31.2. The van der Waals surface area contributed by atoms with Gasteiger partial charge in [-0.2, -0.15) is 4.57 Å². The molecule has 0 bridgehead atoms. The molecule has 0 aliphatic heterocycles. The van der Waals surface area contributed by atoms with Gasteiger partial charge in [0.05, 0.1) is 0 Å². The van der Waals surface area contributed by atoms with Gasteiger partial charge in [-0.15, -0.1) is 0 Å². The van der Waals surface area contributed by atoms with Gasteiger partial charge in [0.25, 0.3) is 0 Å². The molecule has 4 nitrogen and oxygen atoms in total. The Morgan fingerprint density at radius 3 is 1.41 bits per heavy atom. The lowest BCUT2D eigenvalue weighted by atomic mass is 10.0. The molecule has 34 heavy (non-hydrogen) atoms. The van der Waals surface area contributed by atoms with Crippen molar-refractivity contribution in [2.24, 2.45) is 0 Å². The number of fused-ring (bicyclic) bond motifs is 2. The molecule has 0 aromatic heterocycles. The number of phosphoric acid groups is 1. The Hall–Kier alpha value is -3.75. The third-order valence-electron chi connectivity index (χ3n) is 5.64. The maximum absolute atomic E-state index is 13.9. The first-order valence-corrected chi connectivity index (χ1v) is 12.7. The molecule has 0 aliphatic rings. The molecule has 5 aromatic carbocycles. The SMILES string of the molecule is CC(C)c1ccc(OP(=O)(Oc2ccc3ccccc3c2)Oc2ccc3ccccc3c2)cc1. The maximum atomic E-state index is 13.9. The molecule has 0 atom stereocenters. The highest BCUT2D eigenvalue weighted by Gasteiger charge is 2.33. The first-order valence-electron chi connectivity index (χ1n) is 11.2. The molecule has 0 N–H and O–H groups in total. The van der Waals surface area contributed by atoms with Crippen molar-refractivity contribution >= 4 is 29.4 Å². The minimum atomic E-state index is -4.08. The number of hydrogen-bond acceptors (Lipinski definition) is 4. The zero-order chi connectivity index (χ0) is 23.5. The summed E-state index contributed by atoms with van der Waals surface area (Å²) in [4.78, 5) is 0. The fourth-order valence-electron chi connectivity index (χ4n) is 3.81. The quantitative estimate of drug-likeness (QED) is 0.224. The standard InChI is InChI=1S/C29H25O4P/c1-21(2)22-11-15-27(16-12-22)31-34(30,32-28-17-13-23-7-3-5-9-25(23)19-28)33-29-18-14-24-8-4-6-10-26(24)20-29/h3-21H,1-2H3. The Balaban J connectivity index is 1.49. The van der Waals surface area contributed by atoms with Gasteiger partial charge in [-0.25, -0.2) is 0 Å². The van der Waals surface area contributed by atoms with Crippen LogP contribution in [-0.4, -0.2) is 0 Å². The lowest BCUT2D eigenvalue weighted by Crippen LogP contribution is -2.07. The first kappa shape index (κ1) is 22.1. The van der Waals surface area contributed by atoms with Crippen molar-refractivity contribution in [2.75, 3.05) is 0 Å². The maximum Gasteiger partial charge on any atom is 0.647 e. The van der Waals surface area contributed by atoms with Crippen LogP contribution in [0.2, 0.25) is 0 Å². The van der Waals surface area contributed by atoms with Gasteiger partial charge in [-0.1, -0.05) is 86.6 Å². The van der Waals surface area contributed by atoms with Gasteiger partial charge in [-0.05, 0) is 69.4 Å². The Labute approximate surface area is 199 Å². The van der Waals surface area contributed by atoms with E-state index in [-0.39, 0.29) is 0 Å². The fraction of sp³-hybridized carbons (Fsp3) is 0.103. The van der Waals surface area contributed by atoms with Gasteiger partial charge >= 0.3 is 7.82 Å². The van der Waals surface area contributed by atoms with Crippen molar-refractivity contribution in [1.82, 2.24) is 0 Å². The van der Waals surface area contributed by atoms with Crippen LogP contribution in [-0.2, 0) is 4.57 Å². The van der Waals surface area contributed by atoms with E-state index in [1.54, 1.807) is 24.3 Å². The van der Waals surface area contributed by atoms with E-state index in [0.29, 0.717) is 23.2 Å². The van der Waals surface area contributed by atoms with Crippen LogP contribution in [0, 0.1) is 0 Å². The second-order valence-corrected chi connectivity index (χ2v) is 9.90. The van der Waals surface area contributed by atoms with Gasteiger partial charge in [0, 0.05) is 0 Å². The Morgan fingerprint density at radius 2 is 0.941 bits per heavy atom. The highest BCUT2D eigenvalue weighted by Crippen LogP contribution is 2.50. The zero-order valence-corrected chi connectivity index (χ0v) is 19.9. The van der Waals surface area contributed by atoms with E-state index in [1.165, 1.54) is 0 Å². The molecular formula is C29H25O4P. The van der Waals surface area contributed by atoms with Crippen molar-refractivity contribution in [2.45, 2.75) is 19.8 Å². The summed E-state index contributed by atoms with van der Waals surface area (Å²) in [6.45, 7) is 4.23. The number of rotatable bonds is 7. The van der Waals surface area contributed by atoms with Crippen LogP contribution >= 0.6 is 7.82 Å². The number of hydrogen-bond donors (Lipinski definition) is 0. The van der Waals surface area contributed by atoms with Gasteiger partial charge in [0.2, 0.25) is 0 Å². The normalized spacial score (nSPS) is 11.6. The molecule has 5 aromatic rings. The summed E-state index contributed by atoms with van der Waals surface area (Å²) in [5, 5.41) is 4.06. The molecule has 5 heteroatoms. The van der Waals surface area contributed by atoms with Crippen LogP contribution in [0.3, 0.4) is 0 Å². The predicted molar refractivity (Wildman–Crippen MR) is 138 cm³/mol. The summed E-state index contributed by atoms with van der Waals surface area (Å²) < 4.78 is 31.7. The Kier molecular flexibility index (Phi) is 6.00. The van der Waals surface area contributed by atoms with E-state index in [0.717, 1.165) is 27.1 Å². The lowest BCUT2D eigenvalue weighted by molar-refractivity contribution is 0.298. The van der Waals surface area contributed by atoms with Crippen LogP contribution in [0.1, 0.15) is 25.3 Å². The number of phosphoric ester groups is 1. The van der Waals surface area contributed by atoms with Crippen molar-refractivity contribution < 1.29 is 18.1 Å². The third kappa shape index (κ3) is 4.93. The molecule has 0 spiro atoms. The van der Waals surface area contributed by atoms with Crippen LogP contribution in [0.25, 0.3) is 21.5 Å². The number of benzene rings is 5. The first-order chi connectivity index (χ1) is 16.5. The minimum absolute atomic E-state index is 0.378. The molecule has 0 radical (unpaired) electrons. The van der Waals surface area contributed by atoms with Crippen LogP contribution in [0.4, 0.5) is 0 Å². The van der Waals surface area contributed by atoms with Gasteiger partial charge in [0.1, 0.15) is 17.2 Å². The van der Waals surface area contributed by atoms with Crippen molar-refractivity contribution in [3.63, 3.8) is 0 Å². The van der Waals surface area contributed by atoms with Crippen molar-refractivity contribution in [3.8, 4) is 17.2 Å². The predicted octanol–water partition coefficient (Wildman–Crippen LogP) is 8.76. The average Bonchev–Trinajstić information content (AvgIpc) is 2.84. The second kappa shape index (κ2) is 9.24. The summed E-state index contributed by atoms with van der Waals surface area (Å²) in [6.07, 6.45) is 0. The van der Waals surface area contributed by atoms with E-state index >= 15 is 0 Å². The van der Waals surface area contributed by atoms with E-state index in [9.17, 15) is 4.57 Å². The molecule has 0 heterocycles. The summed E-state index contributed by atoms with van der Waals surface area (Å²) in [5.74, 6) is 1.60. The largest absolute Gasteiger partial charge is 0.647 e. The van der Waals surface area contributed by atoms with Crippen LogP contribution < -0.4 is 13.6 Å². The zero-order valence-electron chi connectivity index (χ0n) is 19.0.